The molecule has 0 fully saturated rings. The first-order valence-electron chi connectivity index (χ1n) is 9.57. The number of Topliss-reactive ketones (excluding diaryl/α,β-unsaturated/α-hetero) is 1. The van der Waals surface area contributed by atoms with Crippen LogP contribution >= 0.6 is 11.8 Å². The molecule has 1 amide bonds. The van der Waals surface area contributed by atoms with Gasteiger partial charge in [0.25, 0.3) is 5.56 Å². The topological polar surface area (TPSA) is 116 Å². The van der Waals surface area contributed by atoms with Crippen molar-refractivity contribution in [2.24, 2.45) is 14.1 Å². The molecule has 0 spiro atoms. The van der Waals surface area contributed by atoms with Crippen LogP contribution in [0.25, 0.3) is 22.4 Å². The van der Waals surface area contributed by atoms with Crippen LogP contribution in [0.4, 0.5) is 0 Å². The van der Waals surface area contributed by atoms with Crippen LogP contribution in [0.1, 0.15) is 6.92 Å². The summed E-state index contributed by atoms with van der Waals surface area (Å²) in [5.41, 5.74) is -0.432. The average molecular weight is 458 g/mol. The van der Waals surface area contributed by atoms with Crippen LogP contribution in [0.15, 0.2) is 38.9 Å². The summed E-state index contributed by atoms with van der Waals surface area (Å²) in [6.45, 7) is 1.31. The highest BCUT2D eigenvalue weighted by atomic mass is 32.2. The number of carbonyl (C=O) groups excluding carboxylic acids is 2. The third-order valence-electron chi connectivity index (χ3n) is 4.88. The molecule has 32 heavy (non-hydrogen) atoms. The first kappa shape index (κ1) is 23.2. The van der Waals surface area contributed by atoms with E-state index >= 15 is 0 Å². The van der Waals surface area contributed by atoms with Crippen molar-refractivity contribution in [3.8, 4) is 17.1 Å². The molecular formula is C21H23N5O5S. The van der Waals surface area contributed by atoms with E-state index in [1.807, 2.05) is 0 Å². The summed E-state index contributed by atoms with van der Waals surface area (Å²) in [5, 5.41) is -0.893. The molecule has 2 heterocycles. The van der Waals surface area contributed by atoms with Crippen molar-refractivity contribution in [1.82, 2.24) is 24.0 Å². The molecule has 0 aliphatic carbocycles. The van der Waals surface area contributed by atoms with E-state index < -0.39 is 22.4 Å². The van der Waals surface area contributed by atoms with Gasteiger partial charge in [-0.2, -0.15) is 0 Å². The van der Waals surface area contributed by atoms with Gasteiger partial charge in [-0.1, -0.05) is 11.8 Å². The maximum atomic E-state index is 13.0. The summed E-state index contributed by atoms with van der Waals surface area (Å²) in [6.07, 6.45) is 0. The molecule has 3 rings (SSSR count). The monoisotopic (exact) mass is 457 g/mol. The van der Waals surface area contributed by atoms with Gasteiger partial charge in [0.1, 0.15) is 21.4 Å². The lowest BCUT2D eigenvalue weighted by molar-refractivity contribution is -0.132. The first-order chi connectivity index (χ1) is 15.1. The zero-order valence-electron chi connectivity index (χ0n) is 18.6. The standard InChI is InChI=1S/C21H23N5O5S/c1-11(27)15(20(29)24(2)3)32-18-14-17(25(4)21(30)26(5)19(14)28)22-16(23-18)12-7-9-13(31-6)10-8-12/h7-10,15H,1-6H3/t15-/m1/s1. The Morgan fingerprint density at radius 1 is 1.06 bits per heavy atom. The predicted molar refractivity (Wildman–Crippen MR) is 121 cm³/mol. The summed E-state index contributed by atoms with van der Waals surface area (Å²) in [6, 6.07) is 6.93. The molecule has 0 radical (unpaired) electrons. The van der Waals surface area contributed by atoms with E-state index in [0.717, 1.165) is 16.3 Å². The normalized spacial score (nSPS) is 11.9. The van der Waals surface area contributed by atoms with Gasteiger partial charge in [-0.15, -0.1) is 0 Å². The van der Waals surface area contributed by atoms with Crippen molar-refractivity contribution in [2.45, 2.75) is 17.2 Å². The molecule has 0 bridgehead atoms. The lowest BCUT2D eigenvalue weighted by atomic mass is 10.2. The number of aromatic nitrogens is 4. The number of ether oxygens (including phenoxy) is 1. The fraction of sp³-hybridized carbons (Fsp3) is 0.333. The fourth-order valence-corrected chi connectivity index (χ4v) is 4.17. The molecule has 11 heteroatoms. The van der Waals surface area contributed by atoms with Crippen molar-refractivity contribution in [1.29, 1.82) is 0 Å². The Kier molecular flexibility index (Phi) is 6.49. The van der Waals surface area contributed by atoms with Crippen molar-refractivity contribution in [3.05, 3.63) is 45.1 Å². The second-order valence-corrected chi connectivity index (χ2v) is 8.42. The van der Waals surface area contributed by atoms with Crippen molar-refractivity contribution < 1.29 is 14.3 Å². The third kappa shape index (κ3) is 4.15. The van der Waals surface area contributed by atoms with Crippen LogP contribution in [0.5, 0.6) is 5.75 Å². The van der Waals surface area contributed by atoms with Crippen molar-refractivity contribution in [3.63, 3.8) is 0 Å². The number of hydrogen-bond donors (Lipinski definition) is 0. The van der Waals surface area contributed by atoms with E-state index in [9.17, 15) is 19.2 Å². The summed E-state index contributed by atoms with van der Waals surface area (Å²) >= 11 is 0.871. The maximum absolute atomic E-state index is 13.0. The molecule has 10 nitrogen and oxygen atoms in total. The highest BCUT2D eigenvalue weighted by molar-refractivity contribution is 8.01. The van der Waals surface area contributed by atoms with Crippen LogP contribution in [-0.2, 0) is 23.7 Å². The Labute approximate surface area is 187 Å². The summed E-state index contributed by atoms with van der Waals surface area (Å²) < 4.78 is 7.36. The summed E-state index contributed by atoms with van der Waals surface area (Å²) in [7, 11) is 7.48. The quantitative estimate of drug-likeness (QED) is 0.304. The predicted octanol–water partition coefficient (Wildman–Crippen LogP) is 0.841. The molecule has 0 N–H and O–H groups in total. The highest BCUT2D eigenvalue weighted by Crippen LogP contribution is 2.30. The molecule has 0 saturated carbocycles. The molecular weight excluding hydrogens is 434 g/mol. The molecule has 2 aromatic heterocycles. The number of hydrogen-bond acceptors (Lipinski definition) is 8. The van der Waals surface area contributed by atoms with Gasteiger partial charge < -0.3 is 9.64 Å². The largest absolute Gasteiger partial charge is 0.497 e. The molecule has 0 saturated heterocycles. The number of fused-ring (bicyclic) bond motifs is 1. The van der Waals surface area contributed by atoms with E-state index in [1.54, 1.807) is 45.5 Å². The average Bonchev–Trinajstić information content (AvgIpc) is 2.78. The lowest BCUT2D eigenvalue weighted by Crippen LogP contribution is -2.38. The number of aryl methyl sites for hydroxylation is 1. The van der Waals surface area contributed by atoms with Crippen LogP contribution in [0.3, 0.4) is 0 Å². The molecule has 168 valence electrons. The Balaban J connectivity index is 2.33. The van der Waals surface area contributed by atoms with Gasteiger partial charge in [-0.05, 0) is 31.2 Å². The van der Waals surface area contributed by atoms with Gasteiger partial charge >= 0.3 is 5.69 Å². The maximum Gasteiger partial charge on any atom is 0.332 e. The highest BCUT2D eigenvalue weighted by Gasteiger charge is 2.29. The number of methoxy groups -OCH3 is 1. The van der Waals surface area contributed by atoms with Crippen LogP contribution in [-0.4, -0.2) is 62.1 Å². The molecule has 0 aliphatic rings. The summed E-state index contributed by atoms with van der Waals surface area (Å²) in [5.74, 6) is 0.0687. The van der Waals surface area contributed by atoms with Crippen LogP contribution in [0, 0.1) is 0 Å². The minimum absolute atomic E-state index is 0.0645. The minimum atomic E-state index is -1.10. The van der Waals surface area contributed by atoms with Gasteiger partial charge in [-0.25, -0.2) is 14.8 Å². The molecule has 1 aromatic carbocycles. The molecule has 3 aromatic rings. The number of nitrogens with zero attached hydrogens (tertiary/aromatic N) is 5. The van der Waals surface area contributed by atoms with E-state index in [1.165, 1.54) is 30.5 Å². The van der Waals surface area contributed by atoms with Gasteiger partial charge in [0.05, 0.1) is 7.11 Å². The lowest BCUT2D eigenvalue weighted by Gasteiger charge is -2.19. The van der Waals surface area contributed by atoms with Gasteiger partial charge in [0.2, 0.25) is 5.91 Å². The number of thioether (sulfide) groups is 1. The number of ketones is 1. The Morgan fingerprint density at radius 2 is 1.69 bits per heavy atom. The second-order valence-electron chi connectivity index (χ2n) is 7.33. The Bertz CT molecular complexity index is 1330. The van der Waals surface area contributed by atoms with E-state index in [-0.39, 0.29) is 27.7 Å². The van der Waals surface area contributed by atoms with Gasteiger partial charge in [0.15, 0.2) is 17.3 Å². The van der Waals surface area contributed by atoms with Gasteiger partial charge in [-0.3, -0.25) is 23.5 Å². The van der Waals surface area contributed by atoms with E-state index in [0.29, 0.717) is 11.3 Å². The third-order valence-corrected chi connectivity index (χ3v) is 6.17. The number of benzene rings is 1. The van der Waals surface area contributed by atoms with Crippen LogP contribution < -0.4 is 16.0 Å². The first-order valence-corrected chi connectivity index (χ1v) is 10.4. The molecule has 1 atom stereocenters. The zero-order chi connectivity index (χ0) is 23.7. The zero-order valence-corrected chi connectivity index (χ0v) is 19.4. The molecule has 0 aliphatic heterocycles. The van der Waals surface area contributed by atoms with Crippen molar-refractivity contribution in [2.75, 3.05) is 21.2 Å². The summed E-state index contributed by atoms with van der Waals surface area (Å²) in [4.78, 5) is 60.6. The van der Waals surface area contributed by atoms with E-state index in [4.69, 9.17) is 4.74 Å². The minimum Gasteiger partial charge on any atom is -0.497 e. The number of rotatable bonds is 6. The molecule has 0 unspecified atom stereocenters. The SMILES string of the molecule is COc1ccc(-c2nc(S[C@H](C(C)=O)C(=O)N(C)C)c3c(=O)n(C)c(=O)n(C)c3n2)cc1. The van der Waals surface area contributed by atoms with Gasteiger partial charge in [0, 0.05) is 33.8 Å². The Morgan fingerprint density at radius 3 is 2.22 bits per heavy atom. The Hall–Kier alpha value is -3.47. The van der Waals surface area contributed by atoms with Crippen LogP contribution in [0.2, 0.25) is 0 Å². The van der Waals surface area contributed by atoms with E-state index in [2.05, 4.69) is 9.97 Å². The number of carbonyl (C=O) groups is 2. The van der Waals surface area contributed by atoms with Crippen molar-refractivity contribution >= 4 is 34.5 Å². The smallest absolute Gasteiger partial charge is 0.332 e. The second kappa shape index (κ2) is 8.95. The fourth-order valence-electron chi connectivity index (χ4n) is 3.04. The number of amides is 1.